The molecule has 0 amide bonds. The first-order chi connectivity index (χ1) is 3.27. The van der Waals surface area contributed by atoms with Crippen LogP contribution in [0.5, 0.6) is 0 Å². The van der Waals surface area contributed by atoms with Crippen molar-refractivity contribution in [2.45, 2.75) is 6.92 Å². The fourth-order valence-corrected chi connectivity index (χ4v) is 0.165. The molecule has 0 saturated carbocycles. The maximum atomic E-state index is 9.98. The smallest absolute Gasteiger partial charge is 0.0458 e. The van der Waals surface area contributed by atoms with Gasteiger partial charge in [-0.3, -0.25) is 0 Å². The third kappa shape index (κ3) is 9.54. The number of allylic oxidation sites excluding steroid dienone is 3. The van der Waals surface area contributed by atoms with Gasteiger partial charge in [0.25, 0.3) is 0 Å². The van der Waals surface area contributed by atoms with Crippen molar-refractivity contribution in [1.82, 2.24) is 0 Å². The summed E-state index contributed by atoms with van der Waals surface area (Å²) in [6.07, 6.45) is 4.99. The van der Waals surface area contributed by atoms with E-state index < -0.39 is 0 Å². The second-order valence-electron chi connectivity index (χ2n) is 1.06. The third-order valence-electron chi connectivity index (χ3n) is 0.383. The summed E-state index contributed by atoms with van der Waals surface area (Å²) in [6.45, 7) is 6.30. The van der Waals surface area contributed by atoms with Crippen molar-refractivity contribution in [3.63, 3.8) is 0 Å². The topological polar surface area (TPSA) is 17.1 Å². The van der Waals surface area contributed by atoms with Crippen LogP contribution in [0.3, 0.4) is 0 Å². The van der Waals surface area contributed by atoms with Gasteiger partial charge in [0.05, 0.1) is 0 Å². The molecule has 0 saturated heterocycles. The molecule has 0 N–H and O–H groups in total. The zero-order valence-corrected chi connectivity index (χ0v) is 7.56. The van der Waals surface area contributed by atoms with E-state index in [2.05, 4.69) is 6.08 Å². The summed E-state index contributed by atoms with van der Waals surface area (Å²) >= 11 is 0. The molecular formula is C6H6OY-2. The second-order valence-corrected chi connectivity index (χ2v) is 1.06. The second kappa shape index (κ2) is 7.25. The summed E-state index contributed by atoms with van der Waals surface area (Å²) in [4.78, 5) is 9.98. The Balaban J connectivity index is 0. The van der Waals surface area contributed by atoms with Gasteiger partial charge >= 0.3 is 0 Å². The van der Waals surface area contributed by atoms with Crippen LogP contribution in [-0.2, 0) is 37.5 Å². The molecule has 1 nitrogen and oxygen atoms in total. The van der Waals surface area contributed by atoms with Crippen molar-refractivity contribution < 1.29 is 37.5 Å². The van der Waals surface area contributed by atoms with Gasteiger partial charge in [-0.25, -0.2) is 0 Å². The fraction of sp³-hybridized carbons (Fsp3) is 0.167. The van der Waals surface area contributed by atoms with Gasteiger partial charge in [-0.15, -0.1) is 0 Å². The summed E-state index contributed by atoms with van der Waals surface area (Å²) in [5.74, 6) is -0.110. The predicted molar refractivity (Wildman–Crippen MR) is 27.4 cm³/mol. The van der Waals surface area contributed by atoms with Crippen LogP contribution in [0.15, 0.2) is 12.2 Å². The molecular weight excluding hydrogens is 177 g/mol. The first-order valence-electron chi connectivity index (χ1n) is 1.91. The Bertz CT molecular complexity index is 105. The molecule has 0 unspecified atom stereocenters. The molecule has 0 spiro atoms. The molecule has 0 fully saturated rings. The summed E-state index contributed by atoms with van der Waals surface area (Å²) < 4.78 is 0. The van der Waals surface area contributed by atoms with Crippen molar-refractivity contribution >= 4 is 5.78 Å². The summed E-state index contributed by atoms with van der Waals surface area (Å²) in [5, 5.41) is 0. The van der Waals surface area contributed by atoms with E-state index in [0.717, 1.165) is 0 Å². The van der Waals surface area contributed by atoms with Crippen LogP contribution in [0, 0.1) is 12.7 Å². The Morgan fingerprint density at radius 2 is 2.25 bits per heavy atom. The van der Waals surface area contributed by atoms with E-state index in [9.17, 15) is 4.79 Å². The van der Waals surface area contributed by atoms with Crippen molar-refractivity contribution in [3.05, 3.63) is 24.8 Å². The maximum Gasteiger partial charge on any atom is 0.0458 e. The van der Waals surface area contributed by atoms with E-state index in [1.165, 1.54) is 19.1 Å². The van der Waals surface area contributed by atoms with E-state index >= 15 is 0 Å². The number of rotatable bonds is 2. The molecule has 0 aliphatic heterocycles. The molecule has 8 heavy (non-hydrogen) atoms. The van der Waals surface area contributed by atoms with Crippen molar-refractivity contribution in [3.8, 4) is 0 Å². The van der Waals surface area contributed by atoms with E-state index in [0.29, 0.717) is 0 Å². The van der Waals surface area contributed by atoms with Gasteiger partial charge in [-0.2, -0.15) is 0 Å². The summed E-state index contributed by atoms with van der Waals surface area (Å²) in [7, 11) is 0. The minimum Gasteiger partial charge on any atom is -0.394 e. The van der Waals surface area contributed by atoms with Crippen molar-refractivity contribution in [2.24, 2.45) is 0 Å². The van der Waals surface area contributed by atoms with E-state index in [-0.39, 0.29) is 38.5 Å². The van der Waals surface area contributed by atoms with Gasteiger partial charge in [0, 0.05) is 38.5 Å². The van der Waals surface area contributed by atoms with Crippen molar-refractivity contribution in [1.29, 1.82) is 0 Å². The van der Waals surface area contributed by atoms with Crippen LogP contribution < -0.4 is 0 Å². The standard InChI is InChI=1S/C6H6O.Y/c1-3-4-5-6(2)7;/h1,3-4H,2H3;/q-2;. The molecule has 41 valence electrons. The summed E-state index contributed by atoms with van der Waals surface area (Å²) in [5.41, 5.74) is 0. The Hall–Kier alpha value is 0.254. The summed E-state index contributed by atoms with van der Waals surface area (Å²) in [6, 6.07) is 0. The molecule has 0 aliphatic carbocycles. The van der Waals surface area contributed by atoms with Crippen LogP contribution >= 0.6 is 0 Å². The van der Waals surface area contributed by atoms with Crippen molar-refractivity contribution in [2.75, 3.05) is 0 Å². The molecule has 0 aliphatic rings. The predicted octanol–water partition coefficient (Wildman–Crippen LogP) is 0.921. The van der Waals surface area contributed by atoms with Crippen LogP contribution in [0.25, 0.3) is 0 Å². The zero-order valence-electron chi connectivity index (χ0n) is 4.72. The molecule has 0 rings (SSSR count). The number of carbonyl (C=O) groups is 1. The van der Waals surface area contributed by atoms with Gasteiger partial charge in [0.15, 0.2) is 0 Å². The molecule has 0 atom stereocenters. The monoisotopic (exact) mass is 183 g/mol. The number of Topliss-reactive ketones (excluding diaryl/α,β-unsaturated/α-hetero) is 1. The molecule has 0 heterocycles. The Kier molecular flexibility index (Phi) is 10.1. The van der Waals surface area contributed by atoms with Crippen LogP contribution in [0.1, 0.15) is 6.92 Å². The molecule has 2 heteroatoms. The Morgan fingerprint density at radius 3 is 2.38 bits per heavy atom. The number of carbonyl (C=O) groups excluding carboxylic acids is 1. The molecule has 1 radical (unpaired) electrons. The molecule has 0 aromatic carbocycles. The quantitative estimate of drug-likeness (QED) is 0.353. The van der Waals surface area contributed by atoms with Gasteiger partial charge in [0.1, 0.15) is 0 Å². The fourth-order valence-electron chi connectivity index (χ4n) is 0.165. The Labute approximate surface area is 74.7 Å². The van der Waals surface area contributed by atoms with Crippen LogP contribution in [-0.4, -0.2) is 5.78 Å². The Morgan fingerprint density at radius 1 is 1.75 bits per heavy atom. The first-order valence-corrected chi connectivity index (χ1v) is 1.91. The molecule has 0 aromatic heterocycles. The normalized spacial score (nSPS) is 8.12. The van der Waals surface area contributed by atoms with Gasteiger partial charge in [0.2, 0.25) is 0 Å². The van der Waals surface area contributed by atoms with E-state index in [4.69, 9.17) is 6.58 Å². The van der Waals surface area contributed by atoms with Gasteiger partial charge in [-0.1, -0.05) is 0 Å². The van der Waals surface area contributed by atoms with Gasteiger partial charge < -0.3 is 29.6 Å². The zero-order chi connectivity index (χ0) is 5.70. The van der Waals surface area contributed by atoms with E-state index in [1.807, 2.05) is 0 Å². The SMILES string of the molecule is [CH-]=CC=[C-]C(C)=O.[Y]. The number of hydrogen-bond donors (Lipinski definition) is 0. The minimum atomic E-state index is -0.110. The molecule has 0 bridgehead atoms. The van der Waals surface area contributed by atoms with Crippen LogP contribution in [0.2, 0.25) is 0 Å². The van der Waals surface area contributed by atoms with Crippen LogP contribution in [0.4, 0.5) is 0 Å². The average Bonchev–Trinajstić information content (AvgIpc) is 1.61. The molecule has 0 aromatic rings. The minimum absolute atomic E-state index is 0. The first kappa shape index (κ1) is 11.1. The average molecular weight is 183 g/mol. The number of hydrogen-bond acceptors (Lipinski definition) is 1. The maximum absolute atomic E-state index is 9.98. The van der Waals surface area contributed by atoms with E-state index in [1.54, 1.807) is 0 Å². The number of ketones is 1. The largest absolute Gasteiger partial charge is 0.394 e. The van der Waals surface area contributed by atoms with Gasteiger partial charge in [-0.05, 0) is 6.92 Å². The third-order valence-corrected chi connectivity index (χ3v) is 0.383.